The van der Waals surface area contributed by atoms with Crippen LogP contribution in [-0.4, -0.2) is 48.6 Å². The molecule has 0 unspecified atom stereocenters. The Labute approximate surface area is 181 Å². The van der Waals surface area contributed by atoms with Gasteiger partial charge in [0.15, 0.2) is 13.2 Å². The first kappa shape index (κ1) is 24.8. The van der Waals surface area contributed by atoms with Gasteiger partial charge in [-0.2, -0.15) is 41.6 Å². The van der Waals surface area contributed by atoms with Crippen LogP contribution in [0.15, 0.2) is 24.3 Å². The second-order valence-electron chi connectivity index (χ2n) is 5.94. The molecule has 172 valence electrons. The number of urea groups is 1. The van der Waals surface area contributed by atoms with Crippen LogP contribution in [0.4, 0.5) is 42.8 Å². The number of hydrogen-bond acceptors (Lipinski definition) is 6. The van der Waals surface area contributed by atoms with Gasteiger partial charge in [-0.1, -0.05) is 11.6 Å². The largest absolute Gasteiger partial charge is 0.468 e. The normalized spacial score (nSPS) is 11.5. The van der Waals surface area contributed by atoms with Gasteiger partial charge in [0.05, 0.1) is 16.7 Å². The van der Waals surface area contributed by atoms with Crippen molar-refractivity contribution in [3.8, 4) is 17.8 Å². The average Bonchev–Trinajstić information content (AvgIpc) is 2.69. The van der Waals surface area contributed by atoms with Gasteiger partial charge < -0.3 is 9.47 Å². The molecule has 0 aliphatic rings. The number of nitrogens with one attached hydrogen (secondary N) is 1. The Morgan fingerprint density at radius 1 is 1.09 bits per heavy atom. The number of ether oxygens (including phenoxy) is 2. The SMILES string of the molecule is CN(C(=O)Nc1nc(OCC(F)(F)F)cc(OCC(F)(F)F)n1)c1ccc(C#N)c(Cl)c1. The average molecular weight is 484 g/mol. The third-order valence-electron chi connectivity index (χ3n) is 3.43. The Balaban J connectivity index is 2.24. The lowest BCUT2D eigenvalue weighted by Crippen LogP contribution is -2.32. The van der Waals surface area contributed by atoms with Crippen molar-refractivity contribution in [2.75, 3.05) is 30.5 Å². The molecule has 2 aromatic rings. The smallest absolute Gasteiger partial charge is 0.422 e. The van der Waals surface area contributed by atoms with Gasteiger partial charge in [0.2, 0.25) is 17.7 Å². The van der Waals surface area contributed by atoms with Gasteiger partial charge in [0.1, 0.15) is 6.07 Å². The number of carbonyl (C=O) groups is 1. The van der Waals surface area contributed by atoms with Crippen molar-refractivity contribution >= 4 is 29.3 Å². The van der Waals surface area contributed by atoms with Crippen molar-refractivity contribution in [2.24, 2.45) is 0 Å². The zero-order valence-electron chi connectivity index (χ0n) is 15.9. The molecule has 2 amide bonds. The number of rotatable bonds is 6. The molecule has 1 heterocycles. The van der Waals surface area contributed by atoms with Crippen LogP contribution in [0.25, 0.3) is 0 Å². The number of benzene rings is 1. The highest BCUT2D eigenvalue weighted by molar-refractivity contribution is 6.32. The molecule has 8 nitrogen and oxygen atoms in total. The Morgan fingerprint density at radius 3 is 2.06 bits per heavy atom. The number of anilines is 2. The van der Waals surface area contributed by atoms with Gasteiger partial charge >= 0.3 is 18.4 Å². The first-order valence-corrected chi connectivity index (χ1v) is 8.68. The molecule has 0 saturated carbocycles. The highest BCUT2D eigenvalue weighted by atomic mass is 35.5. The molecule has 2 rings (SSSR count). The van der Waals surface area contributed by atoms with Crippen LogP contribution in [-0.2, 0) is 0 Å². The molecule has 0 atom stereocenters. The van der Waals surface area contributed by atoms with E-state index in [1.807, 2.05) is 6.07 Å². The second-order valence-corrected chi connectivity index (χ2v) is 6.35. The maximum atomic E-state index is 12.4. The van der Waals surface area contributed by atoms with E-state index in [1.54, 1.807) is 0 Å². The first-order valence-electron chi connectivity index (χ1n) is 8.30. The molecule has 0 fully saturated rings. The molecular weight excluding hydrogens is 472 g/mol. The fraction of sp³-hybridized carbons (Fsp3) is 0.294. The summed E-state index contributed by atoms with van der Waals surface area (Å²) >= 11 is 5.90. The van der Waals surface area contributed by atoms with E-state index in [-0.39, 0.29) is 16.3 Å². The van der Waals surface area contributed by atoms with Crippen LogP contribution in [0.3, 0.4) is 0 Å². The predicted octanol–water partition coefficient (Wildman–Crippen LogP) is 4.55. The number of amides is 2. The zero-order valence-corrected chi connectivity index (χ0v) is 16.6. The van der Waals surface area contributed by atoms with Crippen LogP contribution >= 0.6 is 11.6 Å². The molecule has 0 aliphatic carbocycles. The molecule has 1 aromatic heterocycles. The highest BCUT2D eigenvalue weighted by Gasteiger charge is 2.30. The number of hydrogen-bond donors (Lipinski definition) is 1. The summed E-state index contributed by atoms with van der Waals surface area (Å²) in [6.07, 6.45) is -9.51. The minimum atomic E-state index is -4.75. The van der Waals surface area contributed by atoms with E-state index in [0.29, 0.717) is 6.07 Å². The minimum absolute atomic E-state index is 0.0475. The summed E-state index contributed by atoms with van der Waals surface area (Å²) in [5.74, 6) is -2.25. The Kier molecular flexibility index (Phi) is 7.57. The van der Waals surface area contributed by atoms with Crippen LogP contribution in [0, 0.1) is 11.3 Å². The molecule has 32 heavy (non-hydrogen) atoms. The van der Waals surface area contributed by atoms with Crippen molar-refractivity contribution in [3.05, 3.63) is 34.9 Å². The van der Waals surface area contributed by atoms with Crippen LogP contribution in [0.1, 0.15) is 5.56 Å². The summed E-state index contributed by atoms with van der Waals surface area (Å²) in [5, 5.41) is 11.0. The lowest BCUT2D eigenvalue weighted by molar-refractivity contribution is -0.154. The summed E-state index contributed by atoms with van der Waals surface area (Å²) in [5.41, 5.74) is 0.359. The van der Waals surface area contributed by atoms with E-state index < -0.39 is 49.3 Å². The van der Waals surface area contributed by atoms with E-state index in [9.17, 15) is 31.1 Å². The number of aromatic nitrogens is 2. The lowest BCUT2D eigenvalue weighted by atomic mass is 10.2. The van der Waals surface area contributed by atoms with Gasteiger partial charge in [-0.05, 0) is 18.2 Å². The third kappa shape index (κ3) is 7.65. The summed E-state index contributed by atoms with van der Waals surface area (Å²) < 4.78 is 83.1. The zero-order chi connectivity index (χ0) is 24.1. The molecule has 1 aromatic carbocycles. The second kappa shape index (κ2) is 9.77. The van der Waals surface area contributed by atoms with Gasteiger partial charge in [0.25, 0.3) is 0 Å². The van der Waals surface area contributed by atoms with Gasteiger partial charge in [-0.25, -0.2) is 4.79 Å². The van der Waals surface area contributed by atoms with Crippen molar-refractivity contribution in [2.45, 2.75) is 12.4 Å². The first-order chi connectivity index (χ1) is 14.8. The fourth-order valence-corrected chi connectivity index (χ4v) is 2.24. The van der Waals surface area contributed by atoms with Gasteiger partial charge in [-0.3, -0.25) is 10.2 Å². The standard InChI is InChI=1S/C17H12ClF6N5O3/c1-29(10-3-2-9(6-25)11(18)4-10)15(30)28-14-26-12(31-7-16(19,20)21)5-13(27-14)32-8-17(22,23)24/h2-5H,7-8H2,1H3,(H,26,27,28,30). The fourth-order valence-electron chi connectivity index (χ4n) is 2.02. The van der Waals surface area contributed by atoms with Crippen molar-refractivity contribution in [3.63, 3.8) is 0 Å². The van der Waals surface area contributed by atoms with Gasteiger partial charge in [-0.15, -0.1) is 0 Å². The summed E-state index contributed by atoms with van der Waals surface area (Å²) in [6.45, 7) is -3.58. The summed E-state index contributed by atoms with van der Waals surface area (Å²) in [6, 6.07) is 5.52. The summed E-state index contributed by atoms with van der Waals surface area (Å²) in [7, 11) is 1.28. The van der Waals surface area contributed by atoms with Crippen molar-refractivity contribution in [1.82, 2.24) is 9.97 Å². The molecule has 0 aliphatic heterocycles. The topological polar surface area (TPSA) is 100 Å². The van der Waals surface area contributed by atoms with E-state index in [1.165, 1.54) is 25.2 Å². The quantitative estimate of drug-likeness (QED) is 0.605. The molecule has 1 N–H and O–H groups in total. The Morgan fingerprint density at radius 2 is 1.62 bits per heavy atom. The van der Waals surface area contributed by atoms with E-state index >= 15 is 0 Å². The maximum Gasteiger partial charge on any atom is 0.422 e. The van der Waals surface area contributed by atoms with E-state index in [2.05, 4.69) is 24.8 Å². The number of carbonyl (C=O) groups excluding carboxylic acids is 1. The maximum absolute atomic E-state index is 12.4. The summed E-state index contributed by atoms with van der Waals surface area (Å²) in [4.78, 5) is 20.4. The van der Waals surface area contributed by atoms with E-state index in [4.69, 9.17) is 16.9 Å². The number of alkyl halides is 6. The van der Waals surface area contributed by atoms with Crippen molar-refractivity contribution < 1.29 is 40.6 Å². The number of nitrogens with zero attached hydrogens (tertiary/aromatic N) is 4. The van der Waals surface area contributed by atoms with Gasteiger partial charge in [0, 0.05) is 12.7 Å². The molecule has 0 spiro atoms. The van der Waals surface area contributed by atoms with Crippen LogP contribution in [0.5, 0.6) is 11.8 Å². The molecule has 0 saturated heterocycles. The Hall–Kier alpha value is -3.47. The monoisotopic (exact) mass is 483 g/mol. The van der Waals surface area contributed by atoms with Crippen molar-refractivity contribution in [1.29, 1.82) is 5.26 Å². The van der Waals surface area contributed by atoms with E-state index in [0.717, 1.165) is 4.90 Å². The predicted molar refractivity (Wildman–Crippen MR) is 98.7 cm³/mol. The highest BCUT2D eigenvalue weighted by Crippen LogP contribution is 2.25. The minimum Gasteiger partial charge on any atom is -0.468 e. The number of halogens is 7. The molecule has 15 heteroatoms. The molecular formula is C17H12ClF6N5O3. The molecule has 0 bridgehead atoms. The van der Waals surface area contributed by atoms with Crippen LogP contribution in [0.2, 0.25) is 5.02 Å². The Bertz CT molecular complexity index is 989. The lowest BCUT2D eigenvalue weighted by Gasteiger charge is -2.18. The van der Waals surface area contributed by atoms with Crippen LogP contribution < -0.4 is 19.7 Å². The number of nitriles is 1. The third-order valence-corrected chi connectivity index (χ3v) is 3.74. The molecule has 0 radical (unpaired) electrons.